The fourth-order valence-corrected chi connectivity index (χ4v) is 2.54. The molecule has 0 spiro atoms. The molecule has 28 heavy (non-hydrogen) atoms. The Labute approximate surface area is 162 Å². The van der Waals surface area contributed by atoms with Crippen molar-refractivity contribution in [1.29, 1.82) is 0 Å². The van der Waals surface area contributed by atoms with Crippen molar-refractivity contribution in [2.75, 3.05) is 11.1 Å². The molecule has 1 aromatic heterocycles. The van der Waals surface area contributed by atoms with E-state index in [0.717, 1.165) is 16.7 Å². The van der Waals surface area contributed by atoms with Crippen molar-refractivity contribution in [2.45, 2.75) is 26.9 Å². The predicted molar refractivity (Wildman–Crippen MR) is 107 cm³/mol. The molecule has 0 saturated heterocycles. The Bertz CT molecular complexity index is 977. The molecule has 0 radical (unpaired) electrons. The lowest BCUT2D eigenvalue weighted by Crippen LogP contribution is -2.25. The van der Waals surface area contributed by atoms with E-state index in [9.17, 15) is 9.59 Å². The molecule has 0 unspecified atom stereocenters. The van der Waals surface area contributed by atoms with Crippen LogP contribution in [0.4, 0.5) is 11.5 Å². The summed E-state index contributed by atoms with van der Waals surface area (Å²) < 4.78 is 1.20. The number of benzene rings is 2. The molecule has 0 saturated carbocycles. The van der Waals surface area contributed by atoms with Crippen LogP contribution in [0.25, 0.3) is 0 Å². The van der Waals surface area contributed by atoms with Crippen molar-refractivity contribution < 1.29 is 9.59 Å². The second-order valence-electron chi connectivity index (χ2n) is 6.56. The van der Waals surface area contributed by atoms with Crippen molar-refractivity contribution in [3.05, 3.63) is 70.9 Å². The monoisotopic (exact) mass is 378 g/mol. The van der Waals surface area contributed by atoms with Crippen LogP contribution in [0.2, 0.25) is 0 Å². The topological polar surface area (TPSA) is 115 Å². The summed E-state index contributed by atoms with van der Waals surface area (Å²) in [6.07, 6.45) is 0. The van der Waals surface area contributed by atoms with Crippen LogP contribution >= 0.6 is 0 Å². The van der Waals surface area contributed by atoms with Crippen LogP contribution in [0.5, 0.6) is 0 Å². The van der Waals surface area contributed by atoms with Gasteiger partial charge in [0.2, 0.25) is 5.91 Å². The number of aryl methyl sites for hydroxylation is 2. The van der Waals surface area contributed by atoms with E-state index in [4.69, 9.17) is 5.73 Å². The average molecular weight is 378 g/mol. The molecule has 4 N–H and O–H groups in total. The Morgan fingerprint density at radius 1 is 1.00 bits per heavy atom. The Balaban J connectivity index is 1.59. The first-order valence-corrected chi connectivity index (χ1v) is 8.81. The molecule has 1 heterocycles. The van der Waals surface area contributed by atoms with Gasteiger partial charge in [-0.25, -0.2) is 4.68 Å². The number of anilines is 2. The van der Waals surface area contributed by atoms with Gasteiger partial charge < -0.3 is 16.4 Å². The molecule has 0 aliphatic carbocycles. The first-order chi connectivity index (χ1) is 13.4. The number of aromatic nitrogens is 3. The highest BCUT2D eigenvalue weighted by molar-refractivity contribution is 5.96. The Hall–Kier alpha value is -3.68. The van der Waals surface area contributed by atoms with Gasteiger partial charge in [0.25, 0.3) is 5.91 Å². The SMILES string of the molecule is Cc1ccc(CNC(=O)c2nnn(CC(=O)Nc3ccc(C)cc3)c2N)cc1. The molecule has 8 heteroatoms. The first-order valence-electron chi connectivity index (χ1n) is 8.81. The third-order valence-electron chi connectivity index (χ3n) is 4.19. The van der Waals surface area contributed by atoms with Crippen LogP contribution in [0, 0.1) is 13.8 Å². The average Bonchev–Trinajstić information content (AvgIpc) is 3.03. The molecule has 0 aliphatic heterocycles. The van der Waals surface area contributed by atoms with E-state index in [-0.39, 0.29) is 24.0 Å². The van der Waals surface area contributed by atoms with E-state index in [1.165, 1.54) is 4.68 Å². The maximum absolute atomic E-state index is 12.3. The number of nitrogens with zero attached hydrogens (tertiary/aromatic N) is 3. The second-order valence-corrected chi connectivity index (χ2v) is 6.56. The van der Waals surface area contributed by atoms with Gasteiger partial charge in [-0.05, 0) is 31.5 Å². The molecule has 0 atom stereocenters. The van der Waals surface area contributed by atoms with Crippen LogP contribution in [0.15, 0.2) is 48.5 Å². The molecule has 0 bridgehead atoms. The number of nitrogens with one attached hydrogen (secondary N) is 2. The first kappa shape index (κ1) is 19.1. The summed E-state index contributed by atoms with van der Waals surface area (Å²) >= 11 is 0. The molecule has 2 aromatic carbocycles. The second kappa shape index (κ2) is 8.34. The summed E-state index contributed by atoms with van der Waals surface area (Å²) in [5.74, 6) is -0.712. The van der Waals surface area contributed by atoms with Gasteiger partial charge >= 0.3 is 0 Å². The number of nitrogen functional groups attached to an aromatic ring is 1. The van der Waals surface area contributed by atoms with Gasteiger partial charge in [0.1, 0.15) is 6.54 Å². The summed E-state index contributed by atoms with van der Waals surface area (Å²) in [6.45, 7) is 4.17. The normalized spacial score (nSPS) is 10.5. The third kappa shape index (κ3) is 4.73. The van der Waals surface area contributed by atoms with Gasteiger partial charge in [0, 0.05) is 12.2 Å². The molecule has 0 aliphatic rings. The minimum Gasteiger partial charge on any atom is -0.382 e. The van der Waals surface area contributed by atoms with Gasteiger partial charge in [0.05, 0.1) is 0 Å². The predicted octanol–water partition coefficient (Wildman–Crippen LogP) is 2.05. The van der Waals surface area contributed by atoms with Crippen LogP contribution in [0.1, 0.15) is 27.2 Å². The molecule has 144 valence electrons. The number of rotatable bonds is 6. The van der Waals surface area contributed by atoms with Crippen molar-refractivity contribution in [1.82, 2.24) is 20.3 Å². The zero-order chi connectivity index (χ0) is 20.1. The quantitative estimate of drug-likeness (QED) is 0.607. The van der Waals surface area contributed by atoms with Crippen molar-refractivity contribution in [2.24, 2.45) is 0 Å². The number of nitrogens with two attached hydrogens (primary N) is 1. The maximum atomic E-state index is 12.3. The highest BCUT2D eigenvalue weighted by Crippen LogP contribution is 2.11. The maximum Gasteiger partial charge on any atom is 0.275 e. The highest BCUT2D eigenvalue weighted by Gasteiger charge is 2.18. The van der Waals surface area contributed by atoms with Crippen LogP contribution < -0.4 is 16.4 Å². The molecular formula is C20H22N6O2. The zero-order valence-electron chi connectivity index (χ0n) is 15.8. The van der Waals surface area contributed by atoms with Gasteiger partial charge in [-0.3, -0.25) is 9.59 Å². The lowest BCUT2D eigenvalue weighted by molar-refractivity contribution is -0.116. The molecule has 2 amide bonds. The highest BCUT2D eigenvalue weighted by atomic mass is 16.2. The Kier molecular flexibility index (Phi) is 5.69. The summed E-state index contributed by atoms with van der Waals surface area (Å²) in [5.41, 5.74) is 9.82. The third-order valence-corrected chi connectivity index (χ3v) is 4.19. The lowest BCUT2D eigenvalue weighted by Gasteiger charge is -2.07. The largest absolute Gasteiger partial charge is 0.382 e. The zero-order valence-corrected chi connectivity index (χ0v) is 15.8. The number of carbonyl (C=O) groups excluding carboxylic acids is 2. The molecule has 3 aromatic rings. The van der Waals surface area contributed by atoms with Gasteiger partial charge in [-0.15, -0.1) is 5.10 Å². The Morgan fingerprint density at radius 2 is 1.61 bits per heavy atom. The number of hydrogen-bond donors (Lipinski definition) is 3. The standard InChI is InChI=1S/C20H22N6O2/c1-13-3-7-15(8-4-13)11-22-20(28)18-19(21)26(25-24-18)12-17(27)23-16-9-5-14(2)6-10-16/h3-10H,11-12,21H2,1-2H3,(H,22,28)(H,23,27). The number of hydrogen-bond acceptors (Lipinski definition) is 5. The number of amides is 2. The Morgan fingerprint density at radius 3 is 2.25 bits per heavy atom. The molecule has 0 fully saturated rings. The fourth-order valence-electron chi connectivity index (χ4n) is 2.54. The van der Waals surface area contributed by atoms with E-state index in [0.29, 0.717) is 12.2 Å². The van der Waals surface area contributed by atoms with Gasteiger partial charge in [-0.2, -0.15) is 0 Å². The van der Waals surface area contributed by atoms with Gasteiger partial charge in [0.15, 0.2) is 11.5 Å². The van der Waals surface area contributed by atoms with E-state index in [1.807, 2.05) is 62.4 Å². The van der Waals surface area contributed by atoms with Crippen LogP contribution in [-0.4, -0.2) is 26.8 Å². The minimum atomic E-state index is -0.441. The van der Waals surface area contributed by atoms with Crippen LogP contribution in [0.3, 0.4) is 0 Å². The van der Waals surface area contributed by atoms with Crippen LogP contribution in [-0.2, 0) is 17.9 Å². The number of carbonyl (C=O) groups is 2. The fraction of sp³-hybridized carbons (Fsp3) is 0.200. The summed E-state index contributed by atoms with van der Waals surface area (Å²) in [7, 11) is 0. The molecule has 3 rings (SSSR count). The van der Waals surface area contributed by atoms with E-state index < -0.39 is 5.91 Å². The molecular weight excluding hydrogens is 356 g/mol. The summed E-state index contributed by atoms with van der Waals surface area (Å²) in [4.78, 5) is 24.5. The van der Waals surface area contributed by atoms with E-state index in [2.05, 4.69) is 20.9 Å². The van der Waals surface area contributed by atoms with Gasteiger partial charge in [-0.1, -0.05) is 52.7 Å². The molecule has 8 nitrogen and oxygen atoms in total. The van der Waals surface area contributed by atoms with Crippen molar-refractivity contribution >= 4 is 23.3 Å². The van der Waals surface area contributed by atoms with E-state index >= 15 is 0 Å². The summed E-state index contributed by atoms with van der Waals surface area (Å²) in [5, 5.41) is 13.1. The van der Waals surface area contributed by atoms with E-state index in [1.54, 1.807) is 0 Å². The van der Waals surface area contributed by atoms with Crippen molar-refractivity contribution in [3.8, 4) is 0 Å². The smallest absolute Gasteiger partial charge is 0.275 e. The minimum absolute atomic E-state index is 0.00440. The lowest BCUT2D eigenvalue weighted by atomic mass is 10.1. The van der Waals surface area contributed by atoms with Crippen molar-refractivity contribution in [3.63, 3.8) is 0 Å². The summed E-state index contributed by atoms with van der Waals surface area (Å²) in [6, 6.07) is 15.2.